The highest BCUT2D eigenvalue weighted by Gasteiger charge is 2.24. The van der Waals surface area contributed by atoms with E-state index < -0.39 is 18.0 Å². The number of benzene rings is 1. The average Bonchev–Trinajstić information content (AvgIpc) is 3.12. The minimum atomic E-state index is -1.11. The highest BCUT2D eigenvalue weighted by molar-refractivity contribution is 8.77. The van der Waals surface area contributed by atoms with E-state index in [0.717, 1.165) is 24.5 Å². The Balaban J connectivity index is 1.76. The molecular weight excluding hydrogens is 374 g/mol. The number of quaternary nitrogens is 1. The van der Waals surface area contributed by atoms with Crippen molar-refractivity contribution in [2.24, 2.45) is 0 Å². The molecule has 0 spiro atoms. The summed E-state index contributed by atoms with van der Waals surface area (Å²) in [5.74, 6) is -0.921. The molecule has 3 atom stereocenters. The lowest BCUT2D eigenvalue weighted by Crippen LogP contribution is -3.12. The van der Waals surface area contributed by atoms with Crippen molar-refractivity contribution in [2.45, 2.75) is 49.8 Å². The highest BCUT2D eigenvalue weighted by Crippen LogP contribution is 2.39. The maximum Gasteiger partial charge on any atom is 0.363 e. The predicted molar refractivity (Wildman–Crippen MR) is 105 cm³/mol. The normalized spacial score (nSPS) is 19.2. The van der Waals surface area contributed by atoms with Crippen LogP contribution in [0.3, 0.4) is 0 Å². The molecule has 0 radical (unpaired) electrons. The zero-order valence-corrected chi connectivity index (χ0v) is 16.2. The maximum absolute atomic E-state index is 12.3. The largest absolute Gasteiger partial charge is 0.634 e. The summed E-state index contributed by atoms with van der Waals surface area (Å²) in [4.78, 5) is 22.3. The third-order valence-corrected chi connectivity index (χ3v) is 7.51. The van der Waals surface area contributed by atoms with Gasteiger partial charge in [-0.2, -0.15) is 0 Å². The number of carbonyl (C=O) groups is 2. The van der Waals surface area contributed by atoms with Gasteiger partial charge in [0.2, 0.25) is 0 Å². The molecular formula is C18H25NO5S2. The van der Waals surface area contributed by atoms with Crippen LogP contribution in [0.25, 0.3) is 0 Å². The van der Waals surface area contributed by atoms with Crippen LogP contribution >= 0.6 is 21.6 Å². The number of hydroxylamine groups is 2. The van der Waals surface area contributed by atoms with Crippen LogP contribution < -0.4 is 5.06 Å². The molecule has 1 saturated heterocycles. The molecule has 0 amide bonds. The fraction of sp³-hybridized carbons (Fsp3) is 0.556. The van der Waals surface area contributed by atoms with E-state index in [4.69, 9.17) is 5.11 Å². The first-order valence-corrected chi connectivity index (χ1v) is 11.2. The fourth-order valence-corrected chi connectivity index (χ4v) is 5.97. The lowest BCUT2D eigenvalue weighted by atomic mass is 10.0. The Kier molecular flexibility index (Phi) is 8.77. The van der Waals surface area contributed by atoms with Crippen molar-refractivity contribution in [1.82, 2.24) is 0 Å². The summed E-state index contributed by atoms with van der Waals surface area (Å²) >= 11 is 0. The van der Waals surface area contributed by atoms with E-state index in [2.05, 4.69) is 0 Å². The van der Waals surface area contributed by atoms with Crippen molar-refractivity contribution in [1.29, 1.82) is 0 Å². The molecule has 6 nitrogen and oxygen atoms in total. The van der Waals surface area contributed by atoms with Crippen LogP contribution in [-0.2, 0) is 11.2 Å². The first-order chi connectivity index (χ1) is 12.5. The minimum absolute atomic E-state index is 0.101. The van der Waals surface area contributed by atoms with Crippen molar-refractivity contribution in [3.05, 3.63) is 40.6 Å². The number of unbranched alkanes of at least 4 members (excludes halogenated alkanes) is 2. The molecule has 1 aromatic carbocycles. The van der Waals surface area contributed by atoms with Gasteiger partial charge in [0.25, 0.3) is 0 Å². The first kappa shape index (κ1) is 21.1. The molecule has 1 fully saturated rings. The van der Waals surface area contributed by atoms with Crippen LogP contribution in [0, 0.1) is 5.21 Å². The molecule has 0 aliphatic carbocycles. The summed E-state index contributed by atoms with van der Waals surface area (Å²) in [5.41, 5.74) is 0.803. The summed E-state index contributed by atoms with van der Waals surface area (Å²) in [6, 6.07) is 4.95. The lowest BCUT2D eigenvalue weighted by Gasteiger charge is -2.29. The van der Waals surface area contributed by atoms with E-state index in [1.54, 1.807) is 12.1 Å². The Morgan fingerprint density at radius 1 is 1.19 bits per heavy atom. The molecule has 1 aliphatic rings. The molecule has 1 heterocycles. The van der Waals surface area contributed by atoms with Crippen LogP contribution in [0.15, 0.2) is 24.3 Å². The SMILES string of the molecule is O=C(O)c1ccc(C[C@@H](C(=O)O)[NH+]([O-])CCCCC[C@@H]2CCSS2)cc1. The summed E-state index contributed by atoms with van der Waals surface area (Å²) < 4.78 is 0. The molecule has 1 aliphatic heterocycles. The summed E-state index contributed by atoms with van der Waals surface area (Å²) in [6.45, 7) is 0.288. The third-order valence-electron chi connectivity index (χ3n) is 4.50. The lowest BCUT2D eigenvalue weighted by molar-refractivity contribution is -0.866. The van der Waals surface area contributed by atoms with Gasteiger partial charge in [-0.25, -0.2) is 9.59 Å². The zero-order valence-electron chi connectivity index (χ0n) is 14.6. The van der Waals surface area contributed by atoms with E-state index in [0.29, 0.717) is 5.56 Å². The van der Waals surface area contributed by atoms with E-state index in [1.165, 1.54) is 30.7 Å². The molecule has 1 unspecified atom stereocenters. The van der Waals surface area contributed by atoms with Crippen LogP contribution in [0.1, 0.15) is 48.0 Å². The molecule has 0 saturated carbocycles. The number of hydrogen-bond donors (Lipinski definition) is 3. The van der Waals surface area contributed by atoms with Crippen LogP contribution in [0.5, 0.6) is 0 Å². The molecule has 144 valence electrons. The topological polar surface area (TPSA) is 102 Å². The number of carboxylic acid groups (broad SMARTS) is 2. The molecule has 0 aromatic heterocycles. The predicted octanol–water partition coefficient (Wildman–Crippen LogP) is 2.48. The van der Waals surface area contributed by atoms with Gasteiger partial charge in [0.05, 0.1) is 12.1 Å². The maximum atomic E-state index is 12.3. The van der Waals surface area contributed by atoms with E-state index in [1.807, 2.05) is 21.6 Å². The number of aromatic carboxylic acids is 1. The van der Waals surface area contributed by atoms with Gasteiger partial charge in [-0.1, -0.05) is 40.1 Å². The minimum Gasteiger partial charge on any atom is -0.634 e. The van der Waals surface area contributed by atoms with Crippen molar-refractivity contribution < 1.29 is 24.9 Å². The van der Waals surface area contributed by atoms with Crippen LogP contribution in [0.2, 0.25) is 0 Å². The Bertz CT molecular complexity index is 590. The number of aliphatic carboxylic acids is 1. The van der Waals surface area contributed by atoms with E-state index in [-0.39, 0.29) is 23.6 Å². The Morgan fingerprint density at radius 3 is 2.50 bits per heavy atom. The number of carboxylic acids is 2. The smallest absolute Gasteiger partial charge is 0.363 e. The van der Waals surface area contributed by atoms with Gasteiger partial charge in [0, 0.05) is 17.4 Å². The van der Waals surface area contributed by atoms with Crippen molar-refractivity contribution in [3.63, 3.8) is 0 Å². The summed E-state index contributed by atoms with van der Waals surface area (Å²) in [5, 5.41) is 31.1. The quantitative estimate of drug-likeness (QED) is 0.298. The van der Waals surface area contributed by atoms with Crippen molar-refractivity contribution >= 4 is 33.5 Å². The first-order valence-electron chi connectivity index (χ1n) is 8.83. The van der Waals surface area contributed by atoms with Gasteiger partial charge in [-0.15, -0.1) is 0 Å². The Labute approximate surface area is 161 Å². The number of rotatable bonds is 11. The molecule has 1 aromatic rings. The van der Waals surface area contributed by atoms with Gasteiger partial charge in [0.1, 0.15) is 0 Å². The Morgan fingerprint density at radius 2 is 1.92 bits per heavy atom. The molecule has 8 heteroatoms. The zero-order chi connectivity index (χ0) is 18.9. The van der Waals surface area contributed by atoms with Crippen LogP contribution in [-0.4, -0.2) is 45.7 Å². The molecule has 3 N–H and O–H groups in total. The second-order valence-corrected chi connectivity index (χ2v) is 9.28. The third kappa shape index (κ3) is 6.83. The highest BCUT2D eigenvalue weighted by atomic mass is 33.1. The Hall–Kier alpha value is -1.22. The molecule has 26 heavy (non-hydrogen) atoms. The monoisotopic (exact) mass is 399 g/mol. The van der Waals surface area contributed by atoms with Gasteiger partial charge in [-0.3, -0.25) is 0 Å². The van der Waals surface area contributed by atoms with E-state index >= 15 is 0 Å². The van der Waals surface area contributed by atoms with Gasteiger partial charge < -0.3 is 20.5 Å². The van der Waals surface area contributed by atoms with Gasteiger partial charge >= 0.3 is 11.9 Å². The number of nitrogens with one attached hydrogen (secondary N) is 1. The second-order valence-electron chi connectivity index (χ2n) is 6.49. The van der Waals surface area contributed by atoms with Crippen molar-refractivity contribution in [3.8, 4) is 0 Å². The fourth-order valence-electron chi connectivity index (χ4n) is 2.94. The standard InChI is InChI=1S/C18H25NO5S2/c20-17(21)14-7-5-13(6-8-14)12-16(18(22)23)19(24)10-3-1-2-4-15-9-11-25-26-15/h5-8,15-16,19H,1-4,9-12H2,(H,20,21)(H,22,23)/t15-,16+/m1/s1. The van der Waals surface area contributed by atoms with Crippen molar-refractivity contribution in [2.75, 3.05) is 12.3 Å². The average molecular weight is 400 g/mol. The van der Waals surface area contributed by atoms with Gasteiger partial charge in [-0.05, 0) is 43.4 Å². The molecule has 0 bridgehead atoms. The molecule has 2 rings (SSSR count). The second kappa shape index (κ2) is 10.8. The van der Waals surface area contributed by atoms with Gasteiger partial charge in [0.15, 0.2) is 6.04 Å². The van der Waals surface area contributed by atoms with E-state index in [9.17, 15) is 19.9 Å². The summed E-state index contributed by atoms with van der Waals surface area (Å²) in [6.07, 6.45) is 5.29. The number of hydrogen-bond acceptors (Lipinski definition) is 5. The summed E-state index contributed by atoms with van der Waals surface area (Å²) in [7, 11) is 3.88. The van der Waals surface area contributed by atoms with Crippen LogP contribution in [0.4, 0.5) is 0 Å².